The second kappa shape index (κ2) is 10.3. The average molecular weight is 454 g/mol. The predicted octanol–water partition coefficient (Wildman–Crippen LogP) is 1.72. The Morgan fingerprint density at radius 3 is 2.67 bits per heavy atom. The van der Waals surface area contributed by atoms with Crippen LogP contribution in [0.5, 0.6) is 0 Å². The fourth-order valence-corrected chi connectivity index (χ4v) is 4.44. The van der Waals surface area contributed by atoms with Crippen molar-refractivity contribution < 1.29 is 5.11 Å². The van der Waals surface area contributed by atoms with Crippen molar-refractivity contribution in [3.8, 4) is 0 Å². The minimum absolute atomic E-state index is 0.209. The molecule has 178 valence electrons. The van der Waals surface area contributed by atoms with Gasteiger partial charge in [-0.3, -0.25) is 4.90 Å². The van der Waals surface area contributed by atoms with E-state index >= 15 is 0 Å². The number of nitrogen functional groups attached to an aromatic ring is 1. The number of aliphatic hydroxyl groups excluding tert-OH is 1. The highest BCUT2D eigenvalue weighted by Crippen LogP contribution is 2.22. The Balaban J connectivity index is 1.50. The first-order valence-corrected chi connectivity index (χ1v) is 11.8. The molecule has 4 N–H and O–H groups in total. The van der Waals surface area contributed by atoms with Crippen molar-refractivity contribution >= 4 is 23.2 Å². The van der Waals surface area contributed by atoms with Crippen molar-refractivity contribution in [2.24, 2.45) is 0 Å². The highest BCUT2D eigenvalue weighted by atomic mass is 16.3. The summed E-state index contributed by atoms with van der Waals surface area (Å²) in [7, 11) is 0. The van der Waals surface area contributed by atoms with Crippen LogP contribution in [0, 0.1) is 6.92 Å². The molecule has 0 radical (unpaired) electrons. The first kappa shape index (κ1) is 23.2. The highest BCUT2D eigenvalue weighted by Gasteiger charge is 2.19. The van der Waals surface area contributed by atoms with Crippen LogP contribution in [0.15, 0.2) is 18.5 Å². The minimum Gasteiger partial charge on any atom is -0.395 e. The third-order valence-corrected chi connectivity index (χ3v) is 6.14. The largest absolute Gasteiger partial charge is 0.395 e. The number of anilines is 3. The number of piperazine rings is 1. The lowest BCUT2D eigenvalue weighted by atomic mass is 10.1. The Morgan fingerprint density at radius 2 is 1.97 bits per heavy atom. The van der Waals surface area contributed by atoms with Crippen molar-refractivity contribution in [3.05, 3.63) is 35.3 Å². The van der Waals surface area contributed by atoms with Crippen LogP contribution >= 0.6 is 0 Å². The fraction of sp³-hybridized carbons (Fsp3) is 0.565. The van der Waals surface area contributed by atoms with Gasteiger partial charge in [0.25, 0.3) is 0 Å². The van der Waals surface area contributed by atoms with E-state index in [1.807, 2.05) is 12.4 Å². The lowest BCUT2D eigenvalue weighted by Gasteiger charge is -2.35. The van der Waals surface area contributed by atoms with Crippen molar-refractivity contribution in [2.75, 3.05) is 55.3 Å². The monoisotopic (exact) mass is 453 g/mol. The number of nitrogens with two attached hydrogens (primary N) is 1. The third kappa shape index (κ3) is 5.33. The molecular weight excluding hydrogens is 418 g/mol. The van der Waals surface area contributed by atoms with Crippen LogP contribution in [-0.2, 0) is 6.42 Å². The van der Waals surface area contributed by atoms with Gasteiger partial charge in [-0.05, 0) is 31.4 Å². The zero-order valence-corrected chi connectivity index (χ0v) is 19.8. The molecule has 1 fully saturated rings. The molecule has 1 aliphatic rings. The number of β-amino-alcohol motifs (C(OH)–C–C–N with tert-alkyl or cyclic N) is 1. The van der Waals surface area contributed by atoms with Crippen molar-refractivity contribution in [3.63, 3.8) is 0 Å². The van der Waals surface area contributed by atoms with E-state index in [0.717, 1.165) is 68.2 Å². The van der Waals surface area contributed by atoms with Gasteiger partial charge in [-0.2, -0.15) is 4.98 Å². The van der Waals surface area contributed by atoms with E-state index in [1.165, 1.54) is 0 Å². The number of aryl methyl sites for hydroxylation is 1. The minimum atomic E-state index is 0.209. The van der Waals surface area contributed by atoms with Crippen LogP contribution < -0.4 is 16.0 Å². The molecule has 0 spiro atoms. The molecule has 1 saturated heterocycles. The van der Waals surface area contributed by atoms with Gasteiger partial charge >= 0.3 is 0 Å². The highest BCUT2D eigenvalue weighted by molar-refractivity contribution is 5.61. The predicted molar refractivity (Wildman–Crippen MR) is 131 cm³/mol. The second-order valence-electron chi connectivity index (χ2n) is 8.85. The van der Waals surface area contributed by atoms with Gasteiger partial charge in [0.15, 0.2) is 11.5 Å². The quantitative estimate of drug-likeness (QED) is 0.445. The number of hydrogen-bond donors (Lipinski definition) is 3. The molecule has 4 heterocycles. The van der Waals surface area contributed by atoms with E-state index in [4.69, 9.17) is 15.8 Å². The Bertz CT molecular complexity index is 1080. The summed E-state index contributed by atoms with van der Waals surface area (Å²) >= 11 is 0. The number of hydrogen-bond acceptors (Lipinski definition) is 9. The van der Waals surface area contributed by atoms with E-state index in [0.29, 0.717) is 23.8 Å². The van der Waals surface area contributed by atoms with Gasteiger partial charge in [-0.15, -0.1) is 5.10 Å². The van der Waals surface area contributed by atoms with E-state index in [9.17, 15) is 0 Å². The maximum Gasteiger partial charge on any atom is 0.243 e. The summed E-state index contributed by atoms with van der Waals surface area (Å²) in [6.07, 6.45) is 6.52. The molecule has 10 heteroatoms. The van der Waals surface area contributed by atoms with Crippen molar-refractivity contribution in [1.82, 2.24) is 29.5 Å². The molecule has 0 amide bonds. The number of pyridine rings is 1. The average Bonchev–Trinajstić information content (AvgIpc) is 3.18. The Labute approximate surface area is 194 Å². The Morgan fingerprint density at radius 1 is 1.18 bits per heavy atom. The summed E-state index contributed by atoms with van der Waals surface area (Å²) in [6.45, 7) is 11.1. The zero-order valence-electron chi connectivity index (χ0n) is 19.8. The molecule has 33 heavy (non-hydrogen) atoms. The summed E-state index contributed by atoms with van der Waals surface area (Å²) in [6, 6.07) is 2.46. The smallest absolute Gasteiger partial charge is 0.243 e. The lowest BCUT2D eigenvalue weighted by molar-refractivity contribution is 0.188. The van der Waals surface area contributed by atoms with Crippen LogP contribution in [-0.4, -0.2) is 79.9 Å². The number of nitrogens with zero attached hydrogens (tertiary/aromatic N) is 7. The molecule has 0 saturated carbocycles. The number of aliphatic hydroxyl groups is 1. The SMILES string of the molecule is CCC[C@H](C)Nc1nc(N)c2ncc(Cc3cnc(N4CCN(CCO)CC4)c(C)c3)n2n1. The second-order valence-corrected chi connectivity index (χ2v) is 8.85. The fourth-order valence-electron chi connectivity index (χ4n) is 4.44. The molecule has 1 aliphatic heterocycles. The van der Waals surface area contributed by atoms with Crippen molar-refractivity contribution in [2.45, 2.75) is 46.1 Å². The van der Waals surface area contributed by atoms with Gasteiger partial charge in [0.2, 0.25) is 5.95 Å². The van der Waals surface area contributed by atoms with Gasteiger partial charge in [0, 0.05) is 51.4 Å². The summed E-state index contributed by atoms with van der Waals surface area (Å²) in [5.74, 6) is 1.92. The first-order chi connectivity index (χ1) is 16.0. The van der Waals surface area contributed by atoms with Gasteiger partial charge in [-0.25, -0.2) is 14.5 Å². The molecule has 10 nitrogen and oxygen atoms in total. The van der Waals surface area contributed by atoms with E-state index in [-0.39, 0.29) is 12.6 Å². The molecule has 1 atom stereocenters. The van der Waals surface area contributed by atoms with E-state index < -0.39 is 0 Å². The third-order valence-electron chi connectivity index (χ3n) is 6.14. The molecule has 0 aromatic carbocycles. The van der Waals surface area contributed by atoms with E-state index in [1.54, 1.807) is 4.52 Å². The normalized spacial score (nSPS) is 15.8. The number of aromatic nitrogens is 5. The van der Waals surface area contributed by atoms with Gasteiger partial charge in [0.05, 0.1) is 18.5 Å². The standard InChI is InChI=1S/C23H35N9O/c1-4-5-17(3)27-23-28-20(24)22-26-15-19(32(22)29-23)13-18-12-16(2)21(25-14-18)31-8-6-30(7-9-31)10-11-33/h12,14-15,17,33H,4-11,13H2,1-3H3,(H3,24,27,28,29)/t17-/m0/s1. The maximum atomic E-state index is 9.15. The van der Waals surface area contributed by atoms with Gasteiger partial charge < -0.3 is 21.1 Å². The van der Waals surface area contributed by atoms with Crippen LogP contribution in [0.25, 0.3) is 5.65 Å². The number of rotatable bonds is 9. The summed E-state index contributed by atoms with van der Waals surface area (Å²) < 4.78 is 1.78. The summed E-state index contributed by atoms with van der Waals surface area (Å²) in [4.78, 5) is 18.2. The number of imidazole rings is 1. The topological polar surface area (TPSA) is 121 Å². The summed E-state index contributed by atoms with van der Waals surface area (Å²) in [5, 5.41) is 17.1. The zero-order chi connectivity index (χ0) is 23.4. The van der Waals surface area contributed by atoms with Gasteiger partial charge in [0.1, 0.15) is 5.82 Å². The molecule has 3 aromatic rings. The molecular formula is C23H35N9O. The Kier molecular flexibility index (Phi) is 7.24. The lowest BCUT2D eigenvalue weighted by Crippen LogP contribution is -2.47. The van der Waals surface area contributed by atoms with Crippen LogP contribution in [0.4, 0.5) is 17.6 Å². The van der Waals surface area contributed by atoms with Gasteiger partial charge in [-0.1, -0.05) is 19.4 Å². The molecule has 3 aromatic heterocycles. The molecule has 0 bridgehead atoms. The number of fused-ring (bicyclic) bond motifs is 1. The first-order valence-electron chi connectivity index (χ1n) is 11.8. The number of nitrogens with one attached hydrogen (secondary N) is 1. The van der Waals surface area contributed by atoms with Crippen LogP contribution in [0.3, 0.4) is 0 Å². The summed E-state index contributed by atoms with van der Waals surface area (Å²) in [5.41, 5.74) is 9.93. The van der Waals surface area contributed by atoms with E-state index in [2.05, 4.69) is 57.0 Å². The molecule has 0 aliphatic carbocycles. The maximum absolute atomic E-state index is 9.15. The van der Waals surface area contributed by atoms with Crippen LogP contribution in [0.2, 0.25) is 0 Å². The molecule has 4 rings (SSSR count). The van der Waals surface area contributed by atoms with Crippen molar-refractivity contribution in [1.29, 1.82) is 0 Å². The Hall–Kier alpha value is -2.98. The van der Waals surface area contributed by atoms with Crippen LogP contribution in [0.1, 0.15) is 43.5 Å². The molecule has 0 unspecified atom stereocenters.